The smallest absolute Gasteiger partial charge is 0.273 e. The molecule has 2 rings (SSSR count). The van der Waals surface area contributed by atoms with Crippen molar-refractivity contribution in [3.05, 3.63) is 35.8 Å². The second-order valence-corrected chi connectivity index (χ2v) is 3.39. The minimum atomic E-state index is -0.158. The highest BCUT2D eigenvalue weighted by atomic mass is 16.2. The van der Waals surface area contributed by atoms with Crippen molar-refractivity contribution in [2.24, 2.45) is 7.05 Å². The number of rotatable bonds is 2. The molecule has 0 radical (unpaired) electrons. The Balaban J connectivity index is 2.14. The molecule has 0 saturated carbocycles. The fraction of sp³-hybridized carbons (Fsp3) is 0.200. The largest absolute Gasteiger partial charge is 0.347 e. The number of nitrogens with one attached hydrogen (secondary N) is 2. The fourth-order valence-electron chi connectivity index (χ4n) is 1.36. The van der Waals surface area contributed by atoms with Gasteiger partial charge in [0.1, 0.15) is 5.69 Å². The number of anilines is 1. The first-order chi connectivity index (χ1) is 7.16. The second-order valence-electron chi connectivity index (χ2n) is 3.39. The highest BCUT2D eigenvalue weighted by Crippen LogP contribution is 2.07. The summed E-state index contributed by atoms with van der Waals surface area (Å²) in [5.74, 6) is 0.382. The van der Waals surface area contributed by atoms with Crippen molar-refractivity contribution < 1.29 is 4.79 Å². The number of aromatic amines is 1. The first kappa shape index (κ1) is 9.51. The highest BCUT2D eigenvalue weighted by molar-refractivity contribution is 6.02. The number of H-pyrrole nitrogens is 1. The van der Waals surface area contributed by atoms with Gasteiger partial charge in [0.2, 0.25) is 0 Å². The maximum atomic E-state index is 11.7. The SMILES string of the molecule is Cc1cc(NC(=O)c2cccn2C)n[nH]1. The zero-order chi connectivity index (χ0) is 10.8. The van der Waals surface area contributed by atoms with E-state index in [1.807, 2.05) is 26.2 Å². The predicted molar refractivity (Wildman–Crippen MR) is 56.7 cm³/mol. The summed E-state index contributed by atoms with van der Waals surface area (Å²) in [6, 6.07) is 5.36. The van der Waals surface area contributed by atoms with Crippen LogP contribution in [0, 0.1) is 6.92 Å². The third-order valence-corrected chi connectivity index (χ3v) is 2.12. The van der Waals surface area contributed by atoms with Crippen LogP contribution in [0.25, 0.3) is 0 Å². The molecule has 1 amide bonds. The molecule has 0 unspecified atom stereocenters. The van der Waals surface area contributed by atoms with Gasteiger partial charge in [0.25, 0.3) is 5.91 Å². The normalized spacial score (nSPS) is 10.3. The molecule has 2 N–H and O–H groups in total. The minimum Gasteiger partial charge on any atom is -0.347 e. The van der Waals surface area contributed by atoms with Gasteiger partial charge in [0, 0.05) is 25.0 Å². The summed E-state index contributed by atoms with van der Waals surface area (Å²) >= 11 is 0. The van der Waals surface area contributed by atoms with Crippen molar-refractivity contribution in [3.63, 3.8) is 0 Å². The van der Waals surface area contributed by atoms with Crippen molar-refractivity contribution in [2.45, 2.75) is 6.92 Å². The van der Waals surface area contributed by atoms with Crippen molar-refractivity contribution >= 4 is 11.7 Å². The molecule has 0 spiro atoms. The van der Waals surface area contributed by atoms with E-state index in [1.54, 1.807) is 16.7 Å². The highest BCUT2D eigenvalue weighted by Gasteiger charge is 2.09. The van der Waals surface area contributed by atoms with E-state index < -0.39 is 0 Å². The van der Waals surface area contributed by atoms with Crippen molar-refractivity contribution in [3.8, 4) is 0 Å². The van der Waals surface area contributed by atoms with E-state index in [0.29, 0.717) is 11.5 Å². The van der Waals surface area contributed by atoms with Gasteiger partial charge in [0.15, 0.2) is 5.82 Å². The Labute approximate surface area is 87.1 Å². The zero-order valence-corrected chi connectivity index (χ0v) is 8.61. The van der Waals surface area contributed by atoms with Crippen molar-refractivity contribution in [2.75, 3.05) is 5.32 Å². The Morgan fingerprint density at radius 1 is 1.60 bits per heavy atom. The van der Waals surface area contributed by atoms with Crippen LogP contribution in [0.3, 0.4) is 0 Å². The number of carbonyl (C=O) groups excluding carboxylic acids is 1. The van der Waals surface area contributed by atoms with E-state index in [1.165, 1.54) is 0 Å². The molecule has 0 aliphatic heterocycles. The number of aryl methyl sites for hydroxylation is 2. The maximum Gasteiger partial charge on any atom is 0.273 e. The average molecular weight is 204 g/mol. The number of nitrogens with zero attached hydrogens (tertiary/aromatic N) is 2. The molecule has 78 valence electrons. The molecule has 0 aliphatic carbocycles. The summed E-state index contributed by atoms with van der Waals surface area (Å²) in [5.41, 5.74) is 1.52. The summed E-state index contributed by atoms with van der Waals surface area (Å²) in [4.78, 5) is 11.7. The van der Waals surface area contributed by atoms with Gasteiger partial charge >= 0.3 is 0 Å². The molecular formula is C10H12N4O. The lowest BCUT2D eigenvalue weighted by Gasteiger charge is -2.02. The quantitative estimate of drug-likeness (QED) is 0.774. The Hall–Kier alpha value is -2.04. The lowest BCUT2D eigenvalue weighted by atomic mass is 10.4. The zero-order valence-electron chi connectivity index (χ0n) is 8.61. The number of amides is 1. The van der Waals surface area contributed by atoms with E-state index in [2.05, 4.69) is 15.5 Å². The van der Waals surface area contributed by atoms with Crippen molar-refractivity contribution in [1.82, 2.24) is 14.8 Å². The van der Waals surface area contributed by atoms with Crippen LogP contribution in [0.1, 0.15) is 16.2 Å². The third-order valence-electron chi connectivity index (χ3n) is 2.12. The van der Waals surface area contributed by atoms with Crippen LogP contribution in [-0.2, 0) is 7.05 Å². The molecule has 0 saturated heterocycles. The van der Waals surface area contributed by atoms with E-state index in [4.69, 9.17) is 0 Å². The van der Waals surface area contributed by atoms with Gasteiger partial charge in [-0.3, -0.25) is 9.89 Å². The Bertz CT molecular complexity index is 483. The van der Waals surface area contributed by atoms with E-state index >= 15 is 0 Å². The van der Waals surface area contributed by atoms with Gasteiger partial charge in [0.05, 0.1) is 0 Å². The Kier molecular flexibility index (Phi) is 2.29. The molecule has 0 aromatic carbocycles. The molecule has 2 heterocycles. The van der Waals surface area contributed by atoms with Crippen LogP contribution in [0.5, 0.6) is 0 Å². The third kappa shape index (κ3) is 1.90. The lowest BCUT2D eigenvalue weighted by molar-refractivity contribution is 0.101. The molecule has 0 atom stereocenters. The van der Waals surface area contributed by atoms with Gasteiger partial charge < -0.3 is 9.88 Å². The van der Waals surface area contributed by atoms with Gasteiger partial charge in [-0.25, -0.2) is 0 Å². The molecule has 2 aromatic rings. The molecule has 2 aromatic heterocycles. The van der Waals surface area contributed by atoms with Crippen LogP contribution < -0.4 is 5.32 Å². The molecule has 15 heavy (non-hydrogen) atoms. The van der Waals surface area contributed by atoms with Crippen LogP contribution in [0.4, 0.5) is 5.82 Å². The molecule has 0 fully saturated rings. The van der Waals surface area contributed by atoms with E-state index in [9.17, 15) is 4.79 Å². The molecule has 0 bridgehead atoms. The molecule has 5 nitrogen and oxygen atoms in total. The lowest BCUT2D eigenvalue weighted by Crippen LogP contribution is -2.15. The molecule has 0 aliphatic rings. The second kappa shape index (κ2) is 3.61. The summed E-state index contributed by atoms with van der Waals surface area (Å²) in [7, 11) is 1.82. The van der Waals surface area contributed by atoms with Gasteiger partial charge in [-0.1, -0.05) is 0 Å². The fourth-order valence-corrected chi connectivity index (χ4v) is 1.36. The first-order valence-electron chi connectivity index (χ1n) is 4.61. The number of hydrogen-bond acceptors (Lipinski definition) is 2. The van der Waals surface area contributed by atoms with Crippen molar-refractivity contribution in [1.29, 1.82) is 0 Å². The summed E-state index contributed by atoms with van der Waals surface area (Å²) in [6.07, 6.45) is 1.82. The molecular weight excluding hydrogens is 192 g/mol. The maximum absolute atomic E-state index is 11.7. The minimum absolute atomic E-state index is 0.158. The van der Waals surface area contributed by atoms with Crippen LogP contribution in [-0.4, -0.2) is 20.7 Å². The van der Waals surface area contributed by atoms with Crippen LogP contribution in [0.15, 0.2) is 24.4 Å². The van der Waals surface area contributed by atoms with Crippen LogP contribution in [0.2, 0.25) is 0 Å². The van der Waals surface area contributed by atoms with Gasteiger partial charge in [-0.15, -0.1) is 0 Å². The van der Waals surface area contributed by atoms with E-state index in [-0.39, 0.29) is 5.91 Å². The topological polar surface area (TPSA) is 62.7 Å². The van der Waals surface area contributed by atoms with E-state index in [0.717, 1.165) is 5.69 Å². The first-order valence-corrected chi connectivity index (χ1v) is 4.61. The predicted octanol–water partition coefficient (Wildman–Crippen LogP) is 1.31. The van der Waals surface area contributed by atoms with Gasteiger partial charge in [-0.2, -0.15) is 5.10 Å². The summed E-state index contributed by atoms with van der Waals surface area (Å²) in [5, 5.41) is 9.40. The number of aromatic nitrogens is 3. The monoisotopic (exact) mass is 204 g/mol. The standard InChI is InChI=1S/C10H12N4O/c1-7-6-9(13-12-7)11-10(15)8-4-3-5-14(8)2/h3-6H,1-2H3,(H2,11,12,13,15). The number of carbonyl (C=O) groups is 1. The summed E-state index contributed by atoms with van der Waals surface area (Å²) < 4.78 is 1.76. The average Bonchev–Trinajstić information content (AvgIpc) is 2.75. The Morgan fingerprint density at radius 2 is 2.40 bits per heavy atom. The summed E-state index contributed by atoms with van der Waals surface area (Å²) in [6.45, 7) is 1.88. The molecule has 5 heteroatoms. The number of hydrogen-bond donors (Lipinski definition) is 2. The van der Waals surface area contributed by atoms with Crippen LogP contribution >= 0.6 is 0 Å². The van der Waals surface area contributed by atoms with Gasteiger partial charge in [-0.05, 0) is 19.1 Å². The Morgan fingerprint density at radius 3 is 2.93 bits per heavy atom.